The fourth-order valence-corrected chi connectivity index (χ4v) is 3.11. The smallest absolute Gasteiger partial charge is 0.261 e. The van der Waals surface area contributed by atoms with Crippen molar-refractivity contribution >= 4 is 34.4 Å². The second kappa shape index (κ2) is 10.9. The monoisotopic (exact) mass is 480 g/mol. The van der Waals surface area contributed by atoms with E-state index in [1.165, 1.54) is 0 Å². The van der Waals surface area contributed by atoms with Gasteiger partial charge in [0.1, 0.15) is 11.8 Å². The number of hydrogen-bond acceptors (Lipinski definition) is 3. The number of halogens is 1. The Bertz CT molecular complexity index is 735. The molecule has 6 heteroatoms. The van der Waals surface area contributed by atoms with E-state index in [1.54, 1.807) is 4.90 Å². The second-order valence-electron chi connectivity index (χ2n) is 6.07. The lowest BCUT2D eigenvalue weighted by atomic mass is 10.1. The van der Waals surface area contributed by atoms with Crippen molar-refractivity contribution in [2.75, 3.05) is 13.2 Å². The van der Waals surface area contributed by atoms with Gasteiger partial charge in [-0.3, -0.25) is 9.59 Å². The Balaban J connectivity index is 2.14. The first-order chi connectivity index (χ1) is 13.0. The number of carbonyl (C=O) groups is 2. The molecule has 0 aliphatic rings. The number of likely N-dealkylation sites (N-methyl/N-ethyl adjacent to an activating group) is 1. The van der Waals surface area contributed by atoms with Crippen LogP contribution in [0.4, 0.5) is 0 Å². The Morgan fingerprint density at radius 1 is 1.07 bits per heavy atom. The molecule has 0 fully saturated rings. The molecule has 2 rings (SSSR count). The first-order valence-corrected chi connectivity index (χ1v) is 10.1. The molecule has 0 radical (unpaired) electrons. The number of nitrogens with one attached hydrogen (secondary N) is 1. The molecule has 0 saturated heterocycles. The summed E-state index contributed by atoms with van der Waals surface area (Å²) in [6, 6.07) is 16.6. The van der Waals surface area contributed by atoms with Crippen LogP contribution in [0.2, 0.25) is 0 Å². The summed E-state index contributed by atoms with van der Waals surface area (Å²) in [6.07, 6.45) is 0.536. The molecule has 144 valence electrons. The zero-order valence-electron chi connectivity index (χ0n) is 15.7. The van der Waals surface area contributed by atoms with Crippen LogP contribution in [0, 0.1) is 3.57 Å². The first kappa shape index (κ1) is 21.2. The number of ether oxygens (including phenoxy) is 1. The van der Waals surface area contributed by atoms with E-state index in [0.29, 0.717) is 25.3 Å². The Morgan fingerprint density at radius 2 is 1.74 bits per heavy atom. The third kappa shape index (κ3) is 6.53. The van der Waals surface area contributed by atoms with Gasteiger partial charge in [-0.05, 0) is 65.8 Å². The van der Waals surface area contributed by atoms with Crippen LogP contribution in [-0.2, 0) is 16.1 Å². The highest BCUT2D eigenvalue weighted by Crippen LogP contribution is 2.16. The molecule has 1 atom stereocenters. The lowest BCUT2D eigenvalue weighted by molar-refractivity contribution is -0.142. The molecular formula is C21H25IN2O3. The molecule has 2 aromatic carbocycles. The highest BCUT2D eigenvalue weighted by Gasteiger charge is 2.28. The second-order valence-corrected chi connectivity index (χ2v) is 7.31. The molecule has 1 N–H and O–H groups in total. The van der Waals surface area contributed by atoms with Crippen molar-refractivity contribution in [3.05, 3.63) is 63.7 Å². The summed E-state index contributed by atoms with van der Waals surface area (Å²) < 4.78 is 6.75. The number of rotatable bonds is 9. The van der Waals surface area contributed by atoms with Gasteiger partial charge in [-0.15, -0.1) is 0 Å². The van der Waals surface area contributed by atoms with E-state index in [4.69, 9.17) is 4.74 Å². The van der Waals surface area contributed by atoms with Crippen LogP contribution >= 0.6 is 22.6 Å². The van der Waals surface area contributed by atoms with Gasteiger partial charge in [-0.25, -0.2) is 0 Å². The molecule has 0 unspecified atom stereocenters. The number of amides is 2. The predicted molar refractivity (Wildman–Crippen MR) is 114 cm³/mol. The number of nitrogens with zero attached hydrogens (tertiary/aromatic N) is 1. The van der Waals surface area contributed by atoms with E-state index in [9.17, 15) is 9.59 Å². The summed E-state index contributed by atoms with van der Waals surface area (Å²) in [4.78, 5) is 27.0. The van der Waals surface area contributed by atoms with Crippen LogP contribution in [0.15, 0.2) is 54.6 Å². The lowest BCUT2D eigenvalue weighted by Gasteiger charge is -2.30. The zero-order valence-corrected chi connectivity index (χ0v) is 17.8. The van der Waals surface area contributed by atoms with Gasteiger partial charge in [0, 0.05) is 16.7 Å². The van der Waals surface area contributed by atoms with Gasteiger partial charge >= 0.3 is 0 Å². The van der Waals surface area contributed by atoms with Crippen LogP contribution in [0.25, 0.3) is 0 Å². The van der Waals surface area contributed by atoms with E-state index < -0.39 is 6.04 Å². The summed E-state index contributed by atoms with van der Waals surface area (Å²) >= 11 is 2.21. The maximum Gasteiger partial charge on any atom is 0.261 e. The van der Waals surface area contributed by atoms with Crippen molar-refractivity contribution in [2.45, 2.75) is 32.9 Å². The van der Waals surface area contributed by atoms with Crippen LogP contribution < -0.4 is 10.1 Å². The molecular weight excluding hydrogens is 455 g/mol. The fourth-order valence-electron chi connectivity index (χ4n) is 2.75. The zero-order chi connectivity index (χ0) is 19.6. The van der Waals surface area contributed by atoms with Crippen molar-refractivity contribution in [2.24, 2.45) is 0 Å². The molecule has 27 heavy (non-hydrogen) atoms. The van der Waals surface area contributed by atoms with Crippen molar-refractivity contribution in [1.82, 2.24) is 10.2 Å². The summed E-state index contributed by atoms with van der Waals surface area (Å²) in [5.74, 6) is 0.281. The van der Waals surface area contributed by atoms with Gasteiger partial charge in [-0.2, -0.15) is 0 Å². The Kier molecular flexibility index (Phi) is 8.57. The third-order valence-electron chi connectivity index (χ3n) is 4.11. The normalized spacial score (nSPS) is 11.5. The van der Waals surface area contributed by atoms with E-state index in [0.717, 1.165) is 9.13 Å². The first-order valence-electron chi connectivity index (χ1n) is 9.04. The van der Waals surface area contributed by atoms with Crippen LogP contribution in [0.3, 0.4) is 0 Å². The Labute approximate surface area is 174 Å². The van der Waals surface area contributed by atoms with E-state index >= 15 is 0 Å². The quantitative estimate of drug-likeness (QED) is 0.558. The maximum absolute atomic E-state index is 12.9. The van der Waals surface area contributed by atoms with Crippen molar-refractivity contribution in [3.8, 4) is 5.75 Å². The SMILES string of the molecule is CCNC(=O)[C@H](CC)N(Cc1ccccc1)C(=O)COc1ccc(I)cc1. The van der Waals surface area contributed by atoms with Crippen LogP contribution in [0.5, 0.6) is 5.75 Å². The van der Waals surface area contributed by atoms with Gasteiger partial charge in [0.2, 0.25) is 5.91 Å². The van der Waals surface area contributed by atoms with Gasteiger partial charge in [-0.1, -0.05) is 37.3 Å². The molecule has 5 nitrogen and oxygen atoms in total. The largest absolute Gasteiger partial charge is 0.484 e. The van der Waals surface area contributed by atoms with E-state index in [2.05, 4.69) is 27.9 Å². The molecule has 0 aromatic heterocycles. The highest BCUT2D eigenvalue weighted by atomic mass is 127. The number of benzene rings is 2. The summed E-state index contributed by atoms with van der Waals surface area (Å²) in [6.45, 7) is 4.57. The Hall–Kier alpha value is -2.09. The van der Waals surface area contributed by atoms with Gasteiger partial charge in [0.05, 0.1) is 0 Å². The van der Waals surface area contributed by atoms with Crippen molar-refractivity contribution in [1.29, 1.82) is 0 Å². The predicted octanol–water partition coefficient (Wildman–Crippen LogP) is 3.61. The third-order valence-corrected chi connectivity index (χ3v) is 4.83. The fraction of sp³-hybridized carbons (Fsp3) is 0.333. The highest BCUT2D eigenvalue weighted by molar-refractivity contribution is 14.1. The van der Waals surface area contributed by atoms with Gasteiger partial charge in [0.25, 0.3) is 5.91 Å². The summed E-state index contributed by atoms with van der Waals surface area (Å²) in [5.41, 5.74) is 0.975. The van der Waals surface area contributed by atoms with Crippen LogP contribution in [0.1, 0.15) is 25.8 Å². The summed E-state index contributed by atoms with van der Waals surface area (Å²) in [5, 5.41) is 2.82. The molecule has 0 saturated carbocycles. The topological polar surface area (TPSA) is 58.6 Å². The Morgan fingerprint density at radius 3 is 2.33 bits per heavy atom. The minimum Gasteiger partial charge on any atom is -0.484 e. The molecule has 0 aliphatic carbocycles. The molecule has 2 aromatic rings. The number of hydrogen-bond donors (Lipinski definition) is 1. The minimum atomic E-state index is -0.530. The molecule has 0 aliphatic heterocycles. The van der Waals surface area contributed by atoms with Crippen molar-refractivity contribution in [3.63, 3.8) is 0 Å². The van der Waals surface area contributed by atoms with Crippen LogP contribution in [-0.4, -0.2) is 35.9 Å². The maximum atomic E-state index is 12.9. The van der Waals surface area contributed by atoms with Gasteiger partial charge in [0.15, 0.2) is 6.61 Å². The molecule has 0 spiro atoms. The average Bonchev–Trinajstić information content (AvgIpc) is 2.68. The van der Waals surface area contributed by atoms with Gasteiger partial charge < -0.3 is 15.0 Å². The minimum absolute atomic E-state index is 0.108. The molecule has 0 bridgehead atoms. The van der Waals surface area contributed by atoms with E-state index in [1.807, 2.05) is 68.4 Å². The molecule has 0 heterocycles. The molecule has 2 amide bonds. The average molecular weight is 480 g/mol. The van der Waals surface area contributed by atoms with Crippen molar-refractivity contribution < 1.29 is 14.3 Å². The van der Waals surface area contributed by atoms with E-state index in [-0.39, 0.29) is 18.4 Å². The lowest BCUT2D eigenvalue weighted by Crippen LogP contribution is -2.50. The standard InChI is InChI=1S/C21H25IN2O3/c1-3-19(21(26)23-4-2)24(14-16-8-6-5-7-9-16)20(25)15-27-18-12-10-17(22)11-13-18/h5-13,19H,3-4,14-15H2,1-2H3,(H,23,26)/t19-/m0/s1. The summed E-state index contributed by atoms with van der Waals surface area (Å²) in [7, 11) is 0. The number of carbonyl (C=O) groups excluding carboxylic acids is 2.